The van der Waals surface area contributed by atoms with Gasteiger partial charge in [0.05, 0.1) is 25.4 Å². The van der Waals surface area contributed by atoms with E-state index in [9.17, 15) is 35.1 Å². The predicted octanol–water partition coefficient (Wildman–Crippen LogP) is 16.0. The summed E-state index contributed by atoms with van der Waals surface area (Å²) >= 11 is 0. The van der Waals surface area contributed by atoms with E-state index in [1.165, 1.54) is 135 Å². The quantitative estimate of drug-likeness (QED) is 0.0195. The van der Waals surface area contributed by atoms with Gasteiger partial charge in [0.2, 0.25) is 5.91 Å². The minimum Gasteiger partial charge on any atom is -0.454 e. The molecule has 0 saturated carbocycles. The number of rotatable bonds is 55. The van der Waals surface area contributed by atoms with E-state index in [-0.39, 0.29) is 19.4 Å². The van der Waals surface area contributed by atoms with Crippen LogP contribution in [0.25, 0.3) is 0 Å². The zero-order valence-corrected chi connectivity index (χ0v) is 50.7. The molecule has 1 rings (SSSR count). The number of ether oxygens (including phenoxy) is 3. The number of allylic oxidation sites excluding steroid dienone is 11. The van der Waals surface area contributed by atoms with E-state index >= 15 is 0 Å². The van der Waals surface area contributed by atoms with Gasteiger partial charge >= 0.3 is 5.97 Å². The lowest BCUT2D eigenvalue weighted by atomic mass is 9.99. The molecule has 1 aliphatic rings. The van der Waals surface area contributed by atoms with Crippen molar-refractivity contribution in [3.05, 3.63) is 72.9 Å². The Morgan fingerprint density at radius 2 is 0.911 bits per heavy atom. The molecule has 458 valence electrons. The number of aliphatic hydroxyl groups is 5. The molecule has 8 unspecified atom stereocenters. The zero-order chi connectivity index (χ0) is 57.5. The minimum absolute atomic E-state index is 0.119. The van der Waals surface area contributed by atoms with Gasteiger partial charge < -0.3 is 45.1 Å². The van der Waals surface area contributed by atoms with Gasteiger partial charge in [0.1, 0.15) is 24.4 Å². The fourth-order valence-electron chi connectivity index (χ4n) is 9.93. The molecule has 0 bridgehead atoms. The molecule has 0 aromatic rings. The minimum atomic E-state index is -1.62. The van der Waals surface area contributed by atoms with Crippen molar-refractivity contribution in [2.75, 3.05) is 13.2 Å². The molecule has 11 nitrogen and oxygen atoms in total. The van der Waals surface area contributed by atoms with Crippen molar-refractivity contribution in [3.8, 4) is 0 Å². The summed E-state index contributed by atoms with van der Waals surface area (Å²) in [6.45, 7) is 5.66. The molecule has 0 spiro atoms. The van der Waals surface area contributed by atoms with Gasteiger partial charge in [-0.3, -0.25) is 9.59 Å². The van der Waals surface area contributed by atoms with Crippen molar-refractivity contribution in [3.63, 3.8) is 0 Å². The molecular formula is C68H121NO10. The van der Waals surface area contributed by atoms with Gasteiger partial charge in [-0.05, 0) is 89.9 Å². The van der Waals surface area contributed by atoms with Gasteiger partial charge in [0.15, 0.2) is 12.4 Å². The van der Waals surface area contributed by atoms with Gasteiger partial charge in [0, 0.05) is 6.42 Å². The van der Waals surface area contributed by atoms with Gasteiger partial charge in [-0.1, -0.05) is 261 Å². The van der Waals surface area contributed by atoms with Gasteiger partial charge in [0.25, 0.3) is 0 Å². The predicted molar refractivity (Wildman–Crippen MR) is 329 cm³/mol. The maximum absolute atomic E-state index is 13.4. The summed E-state index contributed by atoms with van der Waals surface area (Å²) in [6.07, 6.45) is 60.9. The summed E-state index contributed by atoms with van der Waals surface area (Å²) in [6, 6.07) is -1.03. The van der Waals surface area contributed by atoms with Gasteiger partial charge in [-0.25, -0.2) is 0 Å². The average Bonchev–Trinajstić information content (AvgIpc) is 3.46. The Morgan fingerprint density at radius 1 is 0.506 bits per heavy atom. The molecule has 0 aromatic carbocycles. The SMILES string of the molecule is CC/C=C/C/C=C/CCCCCCCCC(O)C(=O)NC(COC1OC(CO)C(O)C(O)C1OC(=O)CCCCCCCCCCCCCC/C=C\C/C=C\C/C=C\CCCCC)C(O)/C=C/CCCCCCCCCCCC. The van der Waals surface area contributed by atoms with Crippen molar-refractivity contribution in [2.24, 2.45) is 0 Å². The van der Waals surface area contributed by atoms with Crippen LogP contribution in [0.15, 0.2) is 72.9 Å². The van der Waals surface area contributed by atoms with E-state index in [1.807, 2.05) is 6.08 Å². The molecule has 1 heterocycles. The Balaban J connectivity index is 2.58. The Labute approximate surface area is 483 Å². The molecule has 0 aromatic heterocycles. The molecule has 79 heavy (non-hydrogen) atoms. The van der Waals surface area contributed by atoms with E-state index in [4.69, 9.17) is 14.2 Å². The molecule has 1 aliphatic heterocycles. The first-order valence-corrected chi connectivity index (χ1v) is 32.7. The second-order valence-electron chi connectivity index (χ2n) is 22.5. The maximum atomic E-state index is 13.4. The fourth-order valence-corrected chi connectivity index (χ4v) is 9.93. The van der Waals surface area contributed by atoms with Gasteiger partial charge in [-0.15, -0.1) is 0 Å². The Kier molecular flexibility index (Phi) is 52.2. The third kappa shape index (κ3) is 43.5. The first-order chi connectivity index (χ1) is 38.7. The summed E-state index contributed by atoms with van der Waals surface area (Å²) in [5.74, 6) is -1.20. The smallest absolute Gasteiger partial charge is 0.306 e. The number of unbranched alkanes of at least 4 members (excludes halogenated alkanes) is 31. The molecule has 8 atom stereocenters. The maximum Gasteiger partial charge on any atom is 0.306 e. The largest absolute Gasteiger partial charge is 0.454 e. The van der Waals surface area contributed by atoms with Crippen LogP contribution in [0.1, 0.15) is 284 Å². The van der Waals surface area contributed by atoms with Crippen molar-refractivity contribution in [1.29, 1.82) is 0 Å². The lowest BCUT2D eigenvalue weighted by Gasteiger charge is -2.41. The summed E-state index contributed by atoms with van der Waals surface area (Å²) < 4.78 is 17.6. The normalized spacial score (nSPS) is 19.3. The topological polar surface area (TPSA) is 175 Å². The number of hydrogen-bond donors (Lipinski definition) is 6. The lowest BCUT2D eigenvalue weighted by Crippen LogP contribution is -2.61. The first kappa shape index (κ1) is 74.1. The molecule has 0 radical (unpaired) electrons. The van der Waals surface area contributed by atoms with Crippen LogP contribution in [0.5, 0.6) is 0 Å². The highest BCUT2D eigenvalue weighted by Crippen LogP contribution is 2.26. The van der Waals surface area contributed by atoms with Crippen LogP contribution in [-0.4, -0.2) is 99.6 Å². The Bertz CT molecular complexity index is 1560. The van der Waals surface area contributed by atoms with Crippen molar-refractivity contribution >= 4 is 11.9 Å². The van der Waals surface area contributed by atoms with Crippen LogP contribution in [0.2, 0.25) is 0 Å². The van der Waals surface area contributed by atoms with Crippen LogP contribution in [0.3, 0.4) is 0 Å². The molecule has 6 N–H and O–H groups in total. The van der Waals surface area contributed by atoms with Crippen LogP contribution < -0.4 is 5.32 Å². The highest BCUT2D eigenvalue weighted by Gasteiger charge is 2.47. The number of amides is 1. The zero-order valence-electron chi connectivity index (χ0n) is 50.7. The van der Waals surface area contributed by atoms with E-state index in [1.54, 1.807) is 6.08 Å². The van der Waals surface area contributed by atoms with Crippen LogP contribution in [0.4, 0.5) is 0 Å². The van der Waals surface area contributed by atoms with Crippen molar-refractivity contribution < 1.29 is 49.3 Å². The summed E-state index contributed by atoms with van der Waals surface area (Å²) in [5, 5.41) is 57.0. The second kappa shape index (κ2) is 55.6. The summed E-state index contributed by atoms with van der Waals surface area (Å²) in [5.41, 5.74) is 0. The number of aliphatic hydroxyl groups excluding tert-OH is 5. The van der Waals surface area contributed by atoms with E-state index in [0.717, 1.165) is 103 Å². The number of hydrogen-bond acceptors (Lipinski definition) is 10. The lowest BCUT2D eigenvalue weighted by molar-refractivity contribution is -0.305. The number of nitrogens with one attached hydrogen (secondary N) is 1. The molecule has 1 saturated heterocycles. The fraction of sp³-hybridized carbons (Fsp3) is 0.794. The standard InChI is InChI=1S/C68H121NO10/c1-4-7-10-13-16-19-22-25-26-27-28-29-30-31-32-33-34-35-36-38-41-44-47-50-53-56-63(73)79-66-65(75)64(74)62(57-70)78-68(66)77-58-59(60(71)54-51-48-45-42-39-24-21-18-15-12-9-6-3)69-67(76)61(72)55-52-49-46-43-40-37-23-20-17-14-11-8-5-2/h8,11,16-17,19-20,25-26,28-29,51,54,59-62,64-66,68,70-72,74-75H,4-7,9-10,12-15,18,21-24,27,30-50,52-53,55-58H2,1-3H3,(H,69,76)/b11-8+,19-16-,20-17+,26-25-,29-28-,54-51+. The Hall–Kier alpha value is -2.90. The van der Waals surface area contributed by atoms with E-state index in [2.05, 4.69) is 86.8 Å². The molecule has 0 aliphatic carbocycles. The van der Waals surface area contributed by atoms with E-state index < -0.39 is 67.4 Å². The number of carbonyl (C=O) groups is 2. The molecular weight excluding hydrogens is 991 g/mol. The molecule has 1 amide bonds. The van der Waals surface area contributed by atoms with Gasteiger partial charge in [-0.2, -0.15) is 0 Å². The van der Waals surface area contributed by atoms with Crippen LogP contribution in [-0.2, 0) is 23.8 Å². The van der Waals surface area contributed by atoms with E-state index in [0.29, 0.717) is 12.8 Å². The summed E-state index contributed by atoms with van der Waals surface area (Å²) in [7, 11) is 0. The highest BCUT2D eigenvalue weighted by atomic mass is 16.7. The van der Waals surface area contributed by atoms with Crippen LogP contribution >= 0.6 is 0 Å². The van der Waals surface area contributed by atoms with Crippen molar-refractivity contribution in [1.82, 2.24) is 5.32 Å². The monoisotopic (exact) mass is 1110 g/mol. The molecule has 1 fully saturated rings. The second-order valence-corrected chi connectivity index (χ2v) is 22.5. The third-order valence-corrected chi connectivity index (χ3v) is 15.1. The summed E-state index contributed by atoms with van der Waals surface area (Å²) in [4.78, 5) is 26.6. The van der Waals surface area contributed by atoms with Crippen molar-refractivity contribution in [2.45, 2.75) is 333 Å². The average molecular weight is 1110 g/mol. The number of esters is 1. The third-order valence-electron chi connectivity index (χ3n) is 15.1. The van der Waals surface area contributed by atoms with Crippen LogP contribution in [0, 0.1) is 0 Å². The Morgan fingerprint density at radius 3 is 1.39 bits per heavy atom. The number of carbonyl (C=O) groups excluding carboxylic acids is 2. The highest BCUT2D eigenvalue weighted by molar-refractivity contribution is 5.80. The first-order valence-electron chi connectivity index (χ1n) is 32.7. The molecule has 11 heteroatoms.